The molecule has 0 radical (unpaired) electrons. The highest BCUT2D eigenvalue weighted by molar-refractivity contribution is 7.91. The first-order chi connectivity index (χ1) is 13.8. The molecule has 1 heterocycles. The van der Waals surface area contributed by atoms with Crippen molar-refractivity contribution >= 4 is 27.9 Å². The molecule has 3 N–H and O–H groups in total. The predicted molar refractivity (Wildman–Crippen MR) is 107 cm³/mol. The number of likely N-dealkylation sites (tertiary alicyclic amines) is 1. The summed E-state index contributed by atoms with van der Waals surface area (Å²) in [5, 5.41) is 12.0. The van der Waals surface area contributed by atoms with Gasteiger partial charge in [-0.2, -0.15) is 0 Å². The number of hydrogen-bond donors (Lipinski definition) is 3. The van der Waals surface area contributed by atoms with Gasteiger partial charge in [0, 0.05) is 12.3 Å². The SMILES string of the molecule is C=CC1CC1(NC(=O)C1CC(O)CN1C(=O)OC(C)(C)C)C(=O)NS(=O)(=O)C1CC1. The second-order valence-electron chi connectivity index (χ2n) is 9.22. The van der Waals surface area contributed by atoms with E-state index in [4.69, 9.17) is 4.74 Å². The van der Waals surface area contributed by atoms with Gasteiger partial charge in [0.05, 0.1) is 17.9 Å². The summed E-state index contributed by atoms with van der Waals surface area (Å²) in [4.78, 5) is 39.3. The molecule has 0 spiro atoms. The van der Waals surface area contributed by atoms with Crippen molar-refractivity contribution in [1.29, 1.82) is 0 Å². The second-order valence-corrected chi connectivity index (χ2v) is 11.2. The normalized spacial score (nSPS) is 31.1. The summed E-state index contributed by atoms with van der Waals surface area (Å²) in [6.45, 7) is 8.62. The minimum atomic E-state index is -3.78. The predicted octanol–water partition coefficient (Wildman–Crippen LogP) is 0.0260. The summed E-state index contributed by atoms with van der Waals surface area (Å²) in [6.07, 6.45) is 1.01. The van der Waals surface area contributed by atoms with Crippen molar-refractivity contribution in [2.45, 2.75) is 75.0 Å². The Bertz CT molecular complexity index is 862. The van der Waals surface area contributed by atoms with E-state index in [0.29, 0.717) is 12.8 Å². The number of aliphatic hydroxyl groups is 1. The van der Waals surface area contributed by atoms with Crippen LogP contribution in [0.15, 0.2) is 12.7 Å². The molecule has 0 aromatic rings. The molecule has 2 saturated carbocycles. The van der Waals surface area contributed by atoms with Gasteiger partial charge in [-0.3, -0.25) is 19.2 Å². The number of nitrogens with zero attached hydrogens (tertiary/aromatic N) is 1. The number of carbonyl (C=O) groups excluding carboxylic acids is 3. The molecule has 0 aromatic carbocycles. The Hall–Kier alpha value is -2.14. The molecule has 168 valence electrons. The van der Waals surface area contributed by atoms with Crippen LogP contribution in [0.3, 0.4) is 0 Å². The molecule has 0 bridgehead atoms. The topological polar surface area (TPSA) is 142 Å². The number of rotatable bonds is 6. The lowest BCUT2D eigenvalue weighted by molar-refractivity contribution is -0.131. The first-order valence-corrected chi connectivity index (χ1v) is 11.5. The molecule has 4 unspecified atom stereocenters. The van der Waals surface area contributed by atoms with Crippen LogP contribution in [0.1, 0.15) is 46.5 Å². The molecule has 4 atom stereocenters. The van der Waals surface area contributed by atoms with Crippen molar-refractivity contribution in [3.05, 3.63) is 12.7 Å². The van der Waals surface area contributed by atoms with E-state index in [1.165, 1.54) is 6.08 Å². The summed E-state index contributed by atoms with van der Waals surface area (Å²) in [7, 11) is -3.78. The largest absolute Gasteiger partial charge is 0.444 e. The molecule has 11 heteroatoms. The second kappa shape index (κ2) is 7.52. The quantitative estimate of drug-likeness (QED) is 0.492. The highest BCUT2D eigenvalue weighted by atomic mass is 32.2. The maximum Gasteiger partial charge on any atom is 0.411 e. The zero-order chi connectivity index (χ0) is 22.5. The summed E-state index contributed by atoms with van der Waals surface area (Å²) in [5.41, 5.74) is -2.22. The molecule has 30 heavy (non-hydrogen) atoms. The van der Waals surface area contributed by atoms with Crippen LogP contribution in [0.2, 0.25) is 0 Å². The van der Waals surface area contributed by atoms with Gasteiger partial charge in [-0.1, -0.05) is 6.08 Å². The van der Waals surface area contributed by atoms with E-state index >= 15 is 0 Å². The van der Waals surface area contributed by atoms with E-state index in [1.807, 2.05) is 0 Å². The first kappa shape index (κ1) is 22.5. The zero-order valence-corrected chi connectivity index (χ0v) is 18.2. The van der Waals surface area contributed by atoms with E-state index in [2.05, 4.69) is 16.6 Å². The molecular weight excluding hydrogens is 414 g/mol. The average molecular weight is 444 g/mol. The van der Waals surface area contributed by atoms with Gasteiger partial charge in [-0.25, -0.2) is 13.2 Å². The number of nitrogens with one attached hydrogen (secondary N) is 2. The molecule has 3 rings (SSSR count). The molecule has 0 aromatic heterocycles. The van der Waals surface area contributed by atoms with Crippen molar-refractivity contribution in [2.24, 2.45) is 5.92 Å². The molecule has 3 amide bonds. The average Bonchev–Trinajstić information content (AvgIpc) is 3.50. The molecule has 10 nitrogen and oxygen atoms in total. The minimum absolute atomic E-state index is 0.0120. The number of carbonyl (C=O) groups is 3. The van der Waals surface area contributed by atoms with Gasteiger partial charge in [-0.15, -0.1) is 6.58 Å². The maximum absolute atomic E-state index is 13.0. The van der Waals surface area contributed by atoms with E-state index in [9.17, 15) is 27.9 Å². The highest BCUT2D eigenvalue weighted by Crippen LogP contribution is 2.45. The fourth-order valence-corrected chi connectivity index (χ4v) is 4.97. The molecular formula is C19H29N3O7S. The Morgan fingerprint density at radius 2 is 1.90 bits per heavy atom. The lowest BCUT2D eigenvalue weighted by atomic mass is 10.1. The fourth-order valence-electron chi connectivity index (χ4n) is 3.60. The number of hydrogen-bond acceptors (Lipinski definition) is 7. The van der Waals surface area contributed by atoms with Gasteiger partial charge in [0.1, 0.15) is 17.2 Å². The van der Waals surface area contributed by atoms with Crippen LogP contribution >= 0.6 is 0 Å². The van der Waals surface area contributed by atoms with Gasteiger partial charge in [-0.05, 0) is 40.0 Å². The van der Waals surface area contributed by atoms with Crippen LogP contribution in [0.4, 0.5) is 4.79 Å². The number of aliphatic hydroxyl groups excluding tert-OH is 1. The van der Waals surface area contributed by atoms with Gasteiger partial charge in [0.15, 0.2) is 0 Å². The fraction of sp³-hybridized carbons (Fsp3) is 0.737. The lowest BCUT2D eigenvalue weighted by Crippen LogP contribution is -2.56. The number of β-amino-alcohol motifs (C(OH)–C–C–N with tert-alkyl or cyclic N) is 1. The maximum atomic E-state index is 13.0. The summed E-state index contributed by atoms with van der Waals surface area (Å²) in [5.74, 6) is -1.90. The Balaban J connectivity index is 1.73. The highest BCUT2D eigenvalue weighted by Gasteiger charge is 2.61. The summed E-state index contributed by atoms with van der Waals surface area (Å²) in [6, 6.07) is -1.04. The summed E-state index contributed by atoms with van der Waals surface area (Å²) >= 11 is 0. The van der Waals surface area contributed by atoms with Crippen molar-refractivity contribution in [2.75, 3.05) is 6.54 Å². The number of ether oxygens (including phenoxy) is 1. The molecule has 3 fully saturated rings. The van der Waals surface area contributed by atoms with E-state index in [1.54, 1.807) is 20.8 Å². The third-order valence-corrected chi connectivity index (χ3v) is 7.28. The Kier molecular flexibility index (Phi) is 5.65. The monoisotopic (exact) mass is 443 g/mol. The third kappa shape index (κ3) is 4.61. The van der Waals surface area contributed by atoms with Gasteiger partial charge >= 0.3 is 6.09 Å². The van der Waals surface area contributed by atoms with Gasteiger partial charge < -0.3 is 15.2 Å². The summed E-state index contributed by atoms with van der Waals surface area (Å²) < 4.78 is 31.7. The molecule has 1 saturated heterocycles. The van der Waals surface area contributed by atoms with Gasteiger partial charge in [0.25, 0.3) is 5.91 Å². The Morgan fingerprint density at radius 1 is 1.27 bits per heavy atom. The first-order valence-electron chi connectivity index (χ1n) is 9.97. The smallest absolute Gasteiger partial charge is 0.411 e. The van der Waals surface area contributed by atoms with E-state index in [0.717, 1.165) is 4.90 Å². The van der Waals surface area contributed by atoms with Crippen molar-refractivity contribution in [1.82, 2.24) is 14.9 Å². The molecule has 3 aliphatic rings. The van der Waals surface area contributed by atoms with Crippen LogP contribution < -0.4 is 10.0 Å². The minimum Gasteiger partial charge on any atom is -0.444 e. The van der Waals surface area contributed by atoms with E-state index < -0.39 is 62.4 Å². The Labute approximate surface area is 176 Å². The lowest BCUT2D eigenvalue weighted by Gasteiger charge is -2.29. The van der Waals surface area contributed by atoms with Crippen LogP contribution in [0, 0.1) is 5.92 Å². The molecule has 1 aliphatic heterocycles. The van der Waals surface area contributed by atoms with Crippen molar-refractivity contribution < 1.29 is 32.6 Å². The molecule has 2 aliphatic carbocycles. The Morgan fingerprint density at radius 3 is 2.40 bits per heavy atom. The van der Waals surface area contributed by atoms with Crippen molar-refractivity contribution in [3.8, 4) is 0 Å². The third-order valence-electron chi connectivity index (χ3n) is 5.46. The zero-order valence-electron chi connectivity index (χ0n) is 17.4. The standard InChI is InChI=1S/C19H29N3O7S/c1-5-11-9-19(11,16(25)21-30(27,28)13-6-7-13)20-15(24)14-8-12(23)10-22(14)17(26)29-18(2,3)4/h5,11-14,23H,1,6-10H2,2-4H3,(H,20,24)(H,21,25). The van der Waals surface area contributed by atoms with Crippen LogP contribution in [-0.4, -0.2) is 71.4 Å². The van der Waals surface area contributed by atoms with Crippen molar-refractivity contribution in [3.63, 3.8) is 0 Å². The van der Waals surface area contributed by atoms with Crippen LogP contribution in [0.5, 0.6) is 0 Å². The van der Waals surface area contributed by atoms with Crippen LogP contribution in [-0.2, 0) is 24.3 Å². The van der Waals surface area contributed by atoms with Crippen LogP contribution in [0.25, 0.3) is 0 Å². The number of sulfonamides is 1. The number of amides is 3. The van der Waals surface area contributed by atoms with Gasteiger partial charge in [0.2, 0.25) is 15.9 Å². The van der Waals surface area contributed by atoms with E-state index in [-0.39, 0.29) is 19.4 Å².